The lowest BCUT2D eigenvalue weighted by atomic mass is 9.94. The second-order valence-corrected chi connectivity index (χ2v) is 10.2. The molecule has 150 valence electrons. The van der Waals surface area contributed by atoms with E-state index in [2.05, 4.69) is 19.5 Å². The number of morpholine rings is 1. The molecule has 1 aromatic rings. The van der Waals surface area contributed by atoms with E-state index in [1.807, 2.05) is 0 Å². The normalized spacial score (nSPS) is 28.5. The lowest BCUT2D eigenvalue weighted by Gasteiger charge is -2.45. The highest BCUT2D eigenvalue weighted by atomic mass is 32.2. The smallest absolute Gasteiger partial charge is 0.256 e. The van der Waals surface area contributed by atoms with Crippen LogP contribution in [0.5, 0.6) is 0 Å². The molecule has 27 heavy (non-hydrogen) atoms. The van der Waals surface area contributed by atoms with Crippen LogP contribution in [0.4, 0.5) is 0 Å². The molecule has 0 bridgehead atoms. The minimum atomic E-state index is -2.53. The standard InChI is InChI=1S/C17H27N5O4S/c1-12(2)16(24)21-27(25)8-4-17(5-9-27)11-22(6-7-26-17)15(23)10-14-18-13(3)19-20-14/h12H,4-11H2,1-3H3,(H,18,19,20). The number of hydrogen-bond acceptors (Lipinski definition) is 6. The van der Waals surface area contributed by atoms with Gasteiger partial charge in [0, 0.05) is 30.5 Å². The summed E-state index contributed by atoms with van der Waals surface area (Å²) in [5.74, 6) is 1.22. The summed E-state index contributed by atoms with van der Waals surface area (Å²) in [4.78, 5) is 30.4. The first-order valence-corrected chi connectivity index (χ1v) is 11.1. The summed E-state index contributed by atoms with van der Waals surface area (Å²) >= 11 is 0. The molecule has 10 heteroatoms. The molecule has 2 fully saturated rings. The van der Waals surface area contributed by atoms with E-state index >= 15 is 0 Å². The van der Waals surface area contributed by atoms with Gasteiger partial charge in [-0.15, -0.1) is 0 Å². The van der Waals surface area contributed by atoms with E-state index in [0.717, 1.165) is 0 Å². The predicted molar refractivity (Wildman–Crippen MR) is 99.5 cm³/mol. The maximum absolute atomic E-state index is 12.9. The van der Waals surface area contributed by atoms with Gasteiger partial charge in [0.15, 0.2) is 5.82 Å². The number of aryl methyl sites for hydroxylation is 1. The van der Waals surface area contributed by atoms with Crippen molar-refractivity contribution in [1.82, 2.24) is 20.1 Å². The molecule has 3 rings (SSSR count). The van der Waals surface area contributed by atoms with E-state index in [-0.39, 0.29) is 24.2 Å². The van der Waals surface area contributed by atoms with Gasteiger partial charge in [0.25, 0.3) is 5.91 Å². The average Bonchev–Trinajstić information content (AvgIpc) is 3.03. The van der Waals surface area contributed by atoms with Gasteiger partial charge >= 0.3 is 0 Å². The highest BCUT2D eigenvalue weighted by molar-refractivity contribution is 7.93. The number of nitrogens with one attached hydrogen (secondary N) is 1. The Morgan fingerprint density at radius 3 is 2.67 bits per heavy atom. The number of ether oxygens (including phenoxy) is 1. The molecule has 0 radical (unpaired) electrons. The first-order chi connectivity index (χ1) is 12.7. The molecular formula is C17H27N5O4S. The fourth-order valence-corrected chi connectivity index (χ4v) is 5.66. The topological polar surface area (TPSA) is 118 Å². The van der Waals surface area contributed by atoms with Crippen molar-refractivity contribution in [2.24, 2.45) is 10.3 Å². The van der Waals surface area contributed by atoms with Gasteiger partial charge in [-0.3, -0.25) is 14.7 Å². The Hall–Kier alpha value is -1.81. The quantitative estimate of drug-likeness (QED) is 0.802. The summed E-state index contributed by atoms with van der Waals surface area (Å²) in [6, 6.07) is 0. The van der Waals surface area contributed by atoms with Gasteiger partial charge in [0.05, 0.1) is 28.4 Å². The SMILES string of the molecule is Cc1nc(CC(=O)N2CCOC3(CCS(=O)(=NC(=O)C(C)C)CC3)C2)n[nH]1. The second-order valence-electron chi connectivity index (χ2n) is 7.63. The summed E-state index contributed by atoms with van der Waals surface area (Å²) in [5, 5.41) is 6.76. The van der Waals surface area contributed by atoms with Crippen molar-refractivity contribution in [3.05, 3.63) is 11.6 Å². The second kappa shape index (κ2) is 7.67. The summed E-state index contributed by atoms with van der Waals surface area (Å²) < 4.78 is 22.9. The lowest BCUT2D eigenvalue weighted by Crippen LogP contribution is -2.56. The Morgan fingerprint density at radius 2 is 2.07 bits per heavy atom. The number of aromatic nitrogens is 3. The van der Waals surface area contributed by atoms with Crippen LogP contribution in [0.2, 0.25) is 0 Å². The molecule has 9 nitrogen and oxygen atoms in total. The van der Waals surface area contributed by atoms with Crippen LogP contribution in [0.1, 0.15) is 38.3 Å². The zero-order valence-electron chi connectivity index (χ0n) is 16.1. The van der Waals surface area contributed by atoms with Gasteiger partial charge < -0.3 is 9.64 Å². The van der Waals surface area contributed by atoms with Crippen molar-refractivity contribution in [2.45, 2.75) is 45.6 Å². The van der Waals surface area contributed by atoms with E-state index in [9.17, 15) is 13.8 Å². The van der Waals surface area contributed by atoms with Gasteiger partial charge in [0.2, 0.25) is 5.91 Å². The number of hydrogen-bond donors (Lipinski definition) is 1. The summed E-state index contributed by atoms with van der Waals surface area (Å²) in [6.07, 6.45) is 1.21. The number of aromatic amines is 1. The van der Waals surface area contributed by atoms with E-state index in [1.54, 1.807) is 25.7 Å². The van der Waals surface area contributed by atoms with Crippen LogP contribution < -0.4 is 0 Å². The number of amides is 2. The maximum Gasteiger partial charge on any atom is 0.256 e. The molecular weight excluding hydrogens is 370 g/mol. The van der Waals surface area contributed by atoms with Crippen LogP contribution in [0.15, 0.2) is 4.36 Å². The first-order valence-electron chi connectivity index (χ1n) is 9.26. The minimum absolute atomic E-state index is 0.0392. The lowest BCUT2D eigenvalue weighted by molar-refractivity contribution is -0.151. The molecule has 3 heterocycles. The Balaban J connectivity index is 1.63. The molecule has 0 saturated carbocycles. The molecule has 2 amide bonds. The Bertz CT molecular complexity index is 826. The summed E-state index contributed by atoms with van der Waals surface area (Å²) in [7, 11) is -2.53. The third kappa shape index (κ3) is 4.73. The summed E-state index contributed by atoms with van der Waals surface area (Å²) in [5.41, 5.74) is -0.500. The third-order valence-corrected chi connectivity index (χ3v) is 7.25. The van der Waals surface area contributed by atoms with Crippen molar-refractivity contribution < 1.29 is 18.5 Å². The zero-order valence-corrected chi connectivity index (χ0v) is 16.9. The monoisotopic (exact) mass is 397 g/mol. The zero-order chi connectivity index (χ0) is 19.7. The molecule has 1 N–H and O–H groups in total. The van der Waals surface area contributed by atoms with Crippen molar-refractivity contribution >= 4 is 21.5 Å². The van der Waals surface area contributed by atoms with Crippen molar-refractivity contribution in [1.29, 1.82) is 0 Å². The molecule has 1 aromatic heterocycles. The van der Waals surface area contributed by atoms with E-state index < -0.39 is 15.3 Å². The Labute approximate surface area is 159 Å². The first kappa shape index (κ1) is 19.9. The van der Waals surface area contributed by atoms with Gasteiger partial charge in [-0.05, 0) is 19.8 Å². The molecule has 0 unspecified atom stereocenters. The van der Waals surface area contributed by atoms with Crippen LogP contribution >= 0.6 is 0 Å². The number of carbonyl (C=O) groups is 2. The average molecular weight is 398 g/mol. The van der Waals surface area contributed by atoms with Crippen LogP contribution in [0.3, 0.4) is 0 Å². The Kier molecular flexibility index (Phi) is 5.66. The van der Waals surface area contributed by atoms with Crippen molar-refractivity contribution in [3.8, 4) is 0 Å². The van der Waals surface area contributed by atoms with Crippen molar-refractivity contribution in [2.75, 3.05) is 31.2 Å². The third-order valence-electron chi connectivity index (χ3n) is 5.06. The molecule has 0 aromatic carbocycles. The van der Waals surface area contributed by atoms with E-state index in [0.29, 0.717) is 55.7 Å². The van der Waals surface area contributed by atoms with Gasteiger partial charge in [-0.25, -0.2) is 9.19 Å². The maximum atomic E-state index is 12.9. The molecule has 1 spiro atoms. The van der Waals surface area contributed by atoms with E-state index in [1.165, 1.54) is 0 Å². The predicted octanol–water partition coefficient (Wildman–Crippen LogP) is 0.698. The van der Waals surface area contributed by atoms with Crippen LogP contribution in [0.25, 0.3) is 0 Å². The summed E-state index contributed by atoms with van der Waals surface area (Å²) in [6.45, 7) is 6.73. The molecule has 2 aliphatic rings. The largest absolute Gasteiger partial charge is 0.371 e. The van der Waals surface area contributed by atoms with Crippen molar-refractivity contribution in [3.63, 3.8) is 0 Å². The highest BCUT2D eigenvalue weighted by Gasteiger charge is 2.42. The molecule has 0 atom stereocenters. The minimum Gasteiger partial charge on any atom is -0.371 e. The fourth-order valence-electron chi connectivity index (χ4n) is 3.35. The van der Waals surface area contributed by atoms with Gasteiger partial charge in [-0.2, -0.15) is 9.46 Å². The van der Waals surface area contributed by atoms with Crippen LogP contribution in [-0.2, 0) is 30.5 Å². The van der Waals surface area contributed by atoms with Gasteiger partial charge in [-0.1, -0.05) is 13.8 Å². The fraction of sp³-hybridized carbons (Fsp3) is 0.765. The molecule has 2 aliphatic heterocycles. The number of nitrogens with zero attached hydrogens (tertiary/aromatic N) is 4. The Morgan fingerprint density at radius 1 is 1.37 bits per heavy atom. The van der Waals surface area contributed by atoms with Crippen LogP contribution in [0, 0.1) is 12.8 Å². The highest BCUT2D eigenvalue weighted by Crippen LogP contribution is 2.32. The number of H-pyrrole nitrogens is 1. The van der Waals surface area contributed by atoms with E-state index in [4.69, 9.17) is 4.74 Å². The molecule has 0 aliphatic carbocycles. The number of carbonyl (C=O) groups excluding carboxylic acids is 2. The van der Waals surface area contributed by atoms with Gasteiger partial charge in [0.1, 0.15) is 5.82 Å². The van der Waals surface area contributed by atoms with Crippen LogP contribution in [-0.4, -0.2) is 72.9 Å². The number of rotatable bonds is 3. The molecule has 2 saturated heterocycles.